The number of hydrogen-bond acceptors (Lipinski definition) is 1. The molecule has 0 spiro atoms. The average molecular weight is 745 g/mol. The molecule has 0 atom stereocenters. The van der Waals surface area contributed by atoms with E-state index in [2.05, 4.69) is 146 Å². The van der Waals surface area contributed by atoms with Crippen molar-refractivity contribution >= 4 is 51.6 Å². The third-order valence-corrected chi connectivity index (χ3v) is 16.8. The molecule has 0 saturated heterocycles. The second-order valence-electron chi connectivity index (χ2n) is 9.64. The van der Waals surface area contributed by atoms with Crippen LogP contribution in [0.1, 0.15) is 0 Å². The standard InChI is InChI=1S/C37H30OP2.Ir/c38-37(39(31-19-7-1-8-20-31,32-21-9-2-10-22-32)33-23-11-3-12-24-33)40(34-25-13-4-14-26-34,35-27-15-5-16-28-35)36-29-17-6-18-30-36;/h1-30H;/q+2;. The summed E-state index contributed by atoms with van der Waals surface area (Å²) >= 11 is 0. The Morgan fingerprint density at radius 3 is 0.585 bits per heavy atom. The van der Waals surface area contributed by atoms with Gasteiger partial charge in [0.1, 0.15) is 31.8 Å². The van der Waals surface area contributed by atoms with Crippen molar-refractivity contribution in [3.63, 3.8) is 0 Å². The molecule has 0 amide bonds. The summed E-state index contributed by atoms with van der Waals surface area (Å²) in [5.74, 6) is 0. The van der Waals surface area contributed by atoms with Gasteiger partial charge in [0.2, 0.25) is 14.5 Å². The van der Waals surface area contributed by atoms with Gasteiger partial charge in [0.15, 0.2) is 0 Å². The number of hydrogen-bond donors (Lipinski definition) is 0. The Hall–Kier alpha value is -3.50. The molecule has 6 aromatic rings. The number of carbonyl (C=O) groups excluding carboxylic acids is 1. The zero-order valence-corrected chi connectivity index (χ0v) is 26.6. The van der Waals surface area contributed by atoms with E-state index >= 15 is 4.79 Å². The van der Waals surface area contributed by atoms with Gasteiger partial charge in [-0.1, -0.05) is 109 Å². The summed E-state index contributed by atoms with van der Waals surface area (Å²) in [6.07, 6.45) is 0. The Balaban J connectivity index is 0.00000337. The maximum atomic E-state index is 16.4. The molecule has 0 saturated carbocycles. The van der Waals surface area contributed by atoms with Crippen LogP contribution in [0.3, 0.4) is 0 Å². The number of carbonyl (C=O) groups is 1. The number of benzene rings is 6. The largest absolute Gasteiger partial charge is 0.426 e. The summed E-state index contributed by atoms with van der Waals surface area (Å²) in [6, 6.07) is 62.9. The molecule has 0 heterocycles. The van der Waals surface area contributed by atoms with Crippen molar-refractivity contribution in [3.8, 4) is 0 Å². The van der Waals surface area contributed by atoms with Crippen molar-refractivity contribution < 1.29 is 24.9 Å². The first-order chi connectivity index (χ1) is 19.8. The van der Waals surface area contributed by atoms with Gasteiger partial charge in [-0.25, -0.2) is 4.79 Å². The van der Waals surface area contributed by atoms with E-state index in [9.17, 15) is 0 Å². The van der Waals surface area contributed by atoms with Crippen molar-refractivity contribution in [2.75, 3.05) is 0 Å². The zero-order chi connectivity index (χ0) is 27.3. The Morgan fingerprint density at radius 2 is 0.439 bits per heavy atom. The molecule has 6 rings (SSSR count). The van der Waals surface area contributed by atoms with Crippen LogP contribution in [0.5, 0.6) is 0 Å². The van der Waals surface area contributed by atoms with Gasteiger partial charge in [-0.15, -0.1) is 0 Å². The molecule has 0 aliphatic carbocycles. The van der Waals surface area contributed by atoms with Crippen molar-refractivity contribution in [1.29, 1.82) is 0 Å². The average Bonchev–Trinajstić information content (AvgIpc) is 3.05. The summed E-state index contributed by atoms with van der Waals surface area (Å²) in [4.78, 5) is 16.4. The van der Waals surface area contributed by atoms with Gasteiger partial charge in [-0.05, 0) is 72.8 Å². The monoisotopic (exact) mass is 745 g/mol. The fourth-order valence-electron chi connectivity index (χ4n) is 5.69. The van der Waals surface area contributed by atoms with E-state index < -0.39 is 14.5 Å². The molecule has 201 valence electrons. The zero-order valence-electron chi connectivity index (χ0n) is 22.5. The van der Waals surface area contributed by atoms with Gasteiger partial charge >= 0.3 is 5.27 Å². The Labute approximate surface area is 257 Å². The molecule has 0 bridgehead atoms. The summed E-state index contributed by atoms with van der Waals surface area (Å²) in [7, 11) is -5.70. The summed E-state index contributed by atoms with van der Waals surface area (Å²) in [6.45, 7) is 0. The second kappa shape index (κ2) is 13.0. The first-order valence-corrected chi connectivity index (χ1v) is 17.0. The molecule has 0 aliphatic rings. The van der Waals surface area contributed by atoms with E-state index in [1.54, 1.807) is 0 Å². The van der Waals surface area contributed by atoms with E-state index in [4.69, 9.17) is 0 Å². The van der Waals surface area contributed by atoms with Gasteiger partial charge in [0, 0.05) is 20.1 Å². The fourth-order valence-corrected chi connectivity index (χ4v) is 16.4. The Bertz CT molecular complexity index is 1360. The van der Waals surface area contributed by atoms with E-state index in [1.807, 2.05) is 36.4 Å². The van der Waals surface area contributed by atoms with Crippen molar-refractivity contribution in [3.05, 3.63) is 182 Å². The molecular weight excluding hydrogens is 715 g/mol. The first kappa shape index (κ1) is 29.0. The van der Waals surface area contributed by atoms with Crippen LogP contribution in [-0.2, 0) is 20.1 Å². The van der Waals surface area contributed by atoms with Gasteiger partial charge in [-0.2, -0.15) is 0 Å². The van der Waals surface area contributed by atoms with Gasteiger partial charge in [0.05, 0.1) is 0 Å². The third kappa shape index (κ3) is 5.08. The van der Waals surface area contributed by atoms with Gasteiger partial charge < -0.3 is 0 Å². The predicted octanol–water partition coefficient (Wildman–Crippen LogP) is 7.09. The molecule has 0 N–H and O–H groups in total. The van der Waals surface area contributed by atoms with Gasteiger partial charge in [-0.3, -0.25) is 0 Å². The van der Waals surface area contributed by atoms with Crippen LogP contribution in [0.4, 0.5) is 4.79 Å². The normalized spacial score (nSPS) is 11.3. The summed E-state index contributed by atoms with van der Waals surface area (Å²) in [5.41, 5.74) is 0. The minimum absolute atomic E-state index is 0. The molecule has 41 heavy (non-hydrogen) atoms. The maximum absolute atomic E-state index is 16.4. The van der Waals surface area contributed by atoms with Crippen LogP contribution in [0.25, 0.3) is 0 Å². The van der Waals surface area contributed by atoms with Crippen LogP contribution in [0.2, 0.25) is 0 Å². The Morgan fingerprint density at radius 1 is 0.293 bits per heavy atom. The fraction of sp³-hybridized carbons (Fsp3) is 0. The van der Waals surface area contributed by atoms with Gasteiger partial charge in [0.25, 0.3) is 0 Å². The molecule has 0 unspecified atom stereocenters. The molecule has 0 fully saturated rings. The maximum Gasteiger partial charge on any atom is 0.426 e. The summed E-state index contributed by atoms with van der Waals surface area (Å²) in [5, 5.41) is 6.74. The molecule has 6 aromatic carbocycles. The number of rotatable bonds is 8. The van der Waals surface area contributed by atoms with Crippen molar-refractivity contribution in [2.45, 2.75) is 0 Å². The van der Waals surface area contributed by atoms with Crippen LogP contribution < -0.4 is 31.8 Å². The quantitative estimate of drug-likeness (QED) is 0.152. The van der Waals surface area contributed by atoms with Crippen molar-refractivity contribution in [2.24, 2.45) is 0 Å². The minimum Gasteiger partial charge on any atom is -0.208 e. The molecule has 1 radical (unpaired) electrons. The van der Waals surface area contributed by atoms with E-state index in [1.165, 1.54) is 0 Å². The second-order valence-corrected chi connectivity index (χ2v) is 16.6. The van der Waals surface area contributed by atoms with Crippen LogP contribution in [0.15, 0.2) is 182 Å². The van der Waals surface area contributed by atoms with E-state index in [-0.39, 0.29) is 20.1 Å². The molecule has 1 nitrogen and oxygen atoms in total. The smallest absolute Gasteiger partial charge is 0.208 e. The predicted molar refractivity (Wildman–Crippen MR) is 176 cm³/mol. The molecule has 0 aromatic heterocycles. The van der Waals surface area contributed by atoms with Crippen LogP contribution in [-0.4, -0.2) is 5.27 Å². The molecule has 4 heteroatoms. The topological polar surface area (TPSA) is 17.1 Å². The molecule has 0 aliphatic heterocycles. The SMILES string of the molecule is O=C([P+](c1ccccc1)(c1ccccc1)c1ccccc1)[P+](c1ccccc1)(c1ccccc1)c1ccccc1.[Ir]. The van der Waals surface area contributed by atoms with Crippen LogP contribution in [0, 0.1) is 0 Å². The third-order valence-electron chi connectivity index (χ3n) is 7.43. The first-order valence-electron chi connectivity index (χ1n) is 13.5. The van der Waals surface area contributed by atoms with E-state index in [0.29, 0.717) is 5.27 Å². The Kier molecular flexibility index (Phi) is 9.19. The summed E-state index contributed by atoms with van der Waals surface area (Å²) < 4.78 is 0. The van der Waals surface area contributed by atoms with Crippen molar-refractivity contribution in [1.82, 2.24) is 0 Å². The van der Waals surface area contributed by atoms with E-state index in [0.717, 1.165) is 31.8 Å². The van der Waals surface area contributed by atoms with Crippen LogP contribution >= 0.6 is 14.5 Å². The minimum atomic E-state index is -2.85. The molecular formula is C37H30IrOP2+2.